The van der Waals surface area contributed by atoms with Crippen molar-refractivity contribution in [3.05, 3.63) is 52.2 Å². The molecule has 0 radical (unpaired) electrons. The molecule has 0 bridgehead atoms. The number of rotatable bonds is 4. The van der Waals surface area contributed by atoms with Crippen molar-refractivity contribution in [3.63, 3.8) is 0 Å². The molecule has 2 heterocycles. The largest absolute Gasteiger partial charge is 0.416 e. The number of sulfonamides is 1. The lowest BCUT2D eigenvalue weighted by molar-refractivity contribution is -0.137. The Kier molecular flexibility index (Phi) is 5.19. The van der Waals surface area contributed by atoms with E-state index in [9.17, 15) is 21.6 Å². The summed E-state index contributed by atoms with van der Waals surface area (Å²) in [5.74, 6) is 0. The third-order valence-electron chi connectivity index (χ3n) is 4.09. The predicted octanol–water partition coefficient (Wildman–Crippen LogP) is 3.27. The lowest BCUT2D eigenvalue weighted by Crippen LogP contribution is -2.48. The van der Waals surface area contributed by atoms with Crippen LogP contribution >= 0.6 is 11.3 Å². The van der Waals surface area contributed by atoms with Gasteiger partial charge in [-0.2, -0.15) is 17.5 Å². The van der Waals surface area contributed by atoms with E-state index >= 15 is 0 Å². The molecule has 0 N–H and O–H groups in total. The molecule has 0 amide bonds. The van der Waals surface area contributed by atoms with Crippen LogP contribution in [-0.4, -0.2) is 43.8 Å². The van der Waals surface area contributed by atoms with E-state index in [1.807, 2.05) is 17.5 Å². The van der Waals surface area contributed by atoms with Crippen LogP contribution in [0.4, 0.5) is 13.2 Å². The van der Waals surface area contributed by atoms with Gasteiger partial charge in [-0.3, -0.25) is 4.90 Å². The fraction of sp³-hybridized carbons (Fsp3) is 0.375. The lowest BCUT2D eigenvalue weighted by Gasteiger charge is -2.33. The maximum absolute atomic E-state index is 12.8. The van der Waals surface area contributed by atoms with Gasteiger partial charge in [0.05, 0.1) is 10.5 Å². The van der Waals surface area contributed by atoms with Crippen LogP contribution in [0.3, 0.4) is 0 Å². The van der Waals surface area contributed by atoms with Gasteiger partial charge in [0.2, 0.25) is 10.0 Å². The van der Waals surface area contributed by atoms with Crippen LogP contribution < -0.4 is 0 Å². The quantitative estimate of drug-likeness (QED) is 0.805. The van der Waals surface area contributed by atoms with E-state index in [0.29, 0.717) is 19.2 Å². The fourth-order valence-electron chi connectivity index (χ4n) is 2.73. The summed E-state index contributed by atoms with van der Waals surface area (Å²) in [6, 6.07) is 7.90. The average Bonchev–Trinajstić information content (AvgIpc) is 3.08. The molecule has 4 nitrogen and oxygen atoms in total. The Bertz CT molecular complexity index is 812. The predicted molar refractivity (Wildman–Crippen MR) is 89.8 cm³/mol. The topological polar surface area (TPSA) is 40.6 Å². The van der Waals surface area contributed by atoms with Crippen molar-refractivity contribution in [2.75, 3.05) is 26.2 Å². The maximum atomic E-state index is 12.8. The van der Waals surface area contributed by atoms with Crippen LogP contribution in [0.25, 0.3) is 0 Å². The minimum Gasteiger partial charge on any atom is -0.296 e. The van der Waals surface area contributed by atoms with E-state index in [-0.39, 0.29) is 18.0 Å². The summed E-state index contributed by atoms with van der Waals surface area (Å²) in [6.45, 7) is 2.40. The van der Waals surface area contributed by atoms with E-state index in [2.05, 4.69) is 4.90 Å². The Balaban J connectivity index is 1.70. The van der Waals surface area contributed by atoms with Gasteiger partial charge in [-0.15, -0.1) is 11.3 Å². The SMILES string of the molecule is O=S(=O)(c1cccc(C(F)(F)F)c1)N1CCN(Cc2cccs2)CC1. The van der Waals surface area contributed by atoms with Gasteiger partial charge in [0, 0.05) is 37.6 Å². The van der Waals surface area contributed by atoms with E-state index < -0.39 is 21.8 Å². The molecular weight excluding hydrogens is 373 g/mol. The zero-order chi connectivity index (χ0) is 18.1. The number of alkyl halides is 3. The van der Waals surface area contributed by atoms with Crippen LogP contribution in [-0.2, 0) is 22.7 Å². The van der Waals surface area contributed by atoms with Crippen LogP contribution in [0, 0.1) is 0 Å². The van der Waals surface area contributed by atoms with Crippen molar-refractivity contribution in [3.8, 4) is 0 Å². The molecule has 25 heavy (non-hydrogen) atoms. The molecule has 1 saturated heterocycles. The van der Waals surface area contributed by atoms with E-state index in [4.69, 9.17) is 0 Å². The Morgan fingerprint density at radius 2 is 1.76 bits per heavy atom. The molecule has 9 heteroatoms. The molecule has 1 aromatic heterocycles. The van der Waals surface area contributed by atoms with E-state index in [1.165, 1.54) is 15.2 Å². The zero-order valence-electron chi connectivity index (χ0n) is 13.2. The highest BCUT2D eigenvalue weighted by molar-refractivity contribution is 7.89. The number of benzene rings is 1. The second-order valence-electron chi connectivity index (χ2n) is 5.79. The monoisotopic (exact) mass is 390 g/mol. The normalized spacial score (nSPS) is 17.7. The smallest absolute Gasteiger partial charge is 0.296 e. The molecular formula is C16H17F3N2O2S2. The molecule has 3 rings (SSSR count). The molecule has 0 spiro atoms. The van der Waals surface area contributed by atoms with Crippen LogP contribution in [0.1, 0.15) is 10.4 Å². The number of hydrogen-bond acceptors (Lipinski definition) is 4. The van der Waals surface area contributed by atoms with Crippen LogP contribution in [0.15, 0.2) is 46.7 Å². The molecule has 0 unspecified atom stereocenters. The van der Waals surface area contributed by atoms with Crippen molar-refractivity contribution in [1.82, 2.24) is 9.21 Å². The summed E-state index contributed by atoms with van der Waals surface area (Å²) >= 11 is 1.64. The number of piperazine rings is 1. The molecule has 0 atom stereocenters. The number of halogens is 3. The summed E-state index contributed by atoms with van der Waals surface area (Å²) in [7, 11) is -3.92. The number of thiophene rings is 1. The molecule has 1 aliphatic rings. The third kappa shape index (κ3) is 4.22. The Labute approximate surface area is 148 Å². The number of hydrogen-bond donors (Lipinski definition) is 0. The molecule has 1 fully saturated rings. The second-order valence-corrected chi connectivity index (χ2v) is 8.76. The van der Waals surface area contributed by atoms with Gasteiger partial charge in [0.25, 0.3) is 0 Å². The van der Waals surface area contributed by atoms with Gasteiger partial charge < -0.3 is 0 Å². The first-order valence-corrected chi connectivity index (χ1v) is 10.0. The van der Waals surface area contributed by atoms with Gasteiger partial charge in [-0.05, 0) is 29.6 Å². The van der Waals surface area contributed by atoms with E-state index in [0.717, 1.165) is 18.7 Å². The third-order valence-corrected chi connectivity index (χ3v) is 6.85. The van der Waals surface area contributed by atoms with Gasteiger partial charge in [-0.25, -0.2) is 8.42 Å². The highest BCUT2D eigenvalue weighted by atomic mass is 32.2. The first kappa shape index (κ1) is 18.4. The highest BCUT2D eigenvalue weighted by Gasteiger charge is 2.33. The summed E-state index contributed by atoms with van der Waals surface area (Å²) in [4.78, 5) is 3.03. The molecule has 136 valence electrons. The number of nitrogens with zero attached hydrogens (tertiary/aromatic N) is 2. The van der Waals surface area contributed by atoms with Gasteiger partial charge in [0.15, 0.2) is 0 Å². The average molecular weight is 390 g/mol. The van der Waals surface area contributed by atoms with Crippen molar-refractivity contribution in [2.45, 2.75) is 17.6 Å². The summed E-state index contributed by atoms with van der Waals surface area (Å²) in [6.07, 6.45) is -4.56. The van der Waals surface area contributed by atoms with Gasteiger partial charge in [0.1, 0.15) is 0 Å². The highest BCUT2D eigenvalue weighted by Crippen LogP contribution is 2.31. The minimum absolute atomic E-state index is 0.268. The Hall–Kier alpha value is -1.42. The van der Waals surface area contributed by atoms with Crippen molar-refractivity contribution >= 4 is 21.4 Å². The fourth-order valence-corrected chi connectivity index (χ4v) is 4.95. The van der Waals surface area contributed by atoms with Crippen LogP contribution in [0.2, 0.25) is 0 Å². The maximum Gasteiger partial charge on any atom is 0.416 e. The molecule has 0 saturated carbocycles. The van der Waals surface area contributed by atoms with Crippen molar-refractivity contribution in [1.29, 1.82) is 0 Å². The Morgan fingerprint density at radius 1 is 1.04 bits per heavy atom. The minimum atomic E-state index is -4.56. The van der Waals surface area contributed by atoms with Gasteiger partial charge in [-0.1, -0.05) is 12.1 Å². The summed E-state index contributed by atoms with van der Waals surface area (Å²) < 4.78 is 65.0. The summed E-state index contributed by atoms with van der Waals surface area (Å²) in [5.41, 5.74) is -0.954. The standard InChI is InChI=1S/C16H17F3N2O2S2/c17-16(18,19)13-3-1-5-15(11-13)25(22,23)21-8-6-20(7-9-21)12-14-4-2-10-24-14/h1-5,10-11H,6-9,12H2. The van der Waals surface area contributed by atoms with Gasteiger partial charge >= 0.3 is 6.18 Å². The van der Waals surface area contributed by atoms with Crippen molar-refractivity contribution in [2.24, 2.45) is 0 Å². The second kappa shape index (κ2) is 7.06. The molecule has 1 aromatic carbocycles. The molecule has 2 aromatic rings. The Morgan fingerprint density at radius 3 is 2.36 bits per heavy atom. The first-order chi connectivity index (χ1) is 11.8. The van der Waals surface area contributed by atoms with E-state index in [1.54, 1.807) is 11.3 Å². The van der Waals surface area contributed by atoms with Crippen LogP contribution in [0.5, 0.6) is 0 Å². The molecule has 1 aliphatic heterocycles. The lowest BCUT2D eigenvalue weighted by atomic mass is 10.2. The first-order valence-electron chi connectivity index (χ1n) is 7.69. The zero-order valence-corrected chi connectivity index (χ0v) is 14.9. The molecule has 0 aliphatic carbocycles. The summed E-state index contributed by atoms with van der Waals surface area (Å²) in [5, 5.41) is 1.99. The van der Waals surface area contributed by atoms with Crippen molar-refractivity contribution < 1.29 is 21.6 Å².